The lowest BCUT2D eigenvalue weighted by molar-refractivity contribution is 0.549. The standard InChI is InChI=1S/C14H20N4S/c1-3-9-15-13(11-19-2)14-10-16-17-18(14)12-7-5-4-6-8-12/h4-8,10,13,15H,3,9,11H2,1-2H3. The lowest BCUT2D eigenvalue weighted by atomic mass is 10.2. The zero-order valence-electron chi connectivity index (χ0n) is 11.4. The van der Waals surface area contributed by atoms with E-state index in [9.17, 15) is 0 Å². The molecular weight excluding hydrogens is 256 g/mol. The molecule has 4 nitrogen and oxygen atoms in total. The molecule has 102 valence electrons. The molecule has 0 fully saturated rings. The minimum Gasteiger partial charge on any atom is -0.308 e. The van der Waals surface area contributed by atoms with Gasteiger partial charge in [0, 0.05) is 5.75 Å². The maximum Gasteiger partial charge on any atom is 0.0823 e. The number of nitrogens with one attached hydrogen (secondary N) is 1. The quantitative estimate of drug-likeness (QED) is 0.844. The topological polar surface area (TPSA) is 42.7 Å². The first-order chi connectivity index (χ1) is 9.36. The van der Waals surface area contributed by atoms with Gasteiger partial charge in [-0.2, -0.15) is 11.8 Å². The number of aromatic nitrogens is 3. The molecule has 0 amide bonds. The predicted molar refractivity (Wildman–Crippen MR) is 80.8 cm³/mol. The Kier molecular flexibility index (Phi) is 5.42. The first-order valence-corrected chi connectivity index (χ1v) is 7.94. The zero-order valence-corrected chi connectivity index (χ0v) is 12.2. The Bertz CT molecular complexity index is 483. The third-order valence-electron chi connectivity index (χ3n) is 2.91. The number of rotatable bonds is 7. The van der Waals surface area contributed by atoms with Gasteiger partial charge in [0.15, 0.2) is 0 Å². The van der Waals surface area contributed by atoms with Gasteiger partial charge in [-0.05, 0) is 31.4 Å². The van der Waals surface area contributed by atoms with Crippen molar-refractivity contribution in [2.24, 2.45) is 0 Å². The zero-order chi connectivity index (χ0) is 13.5. The molecule has 0 aliphatic rings. The summed E-state index contributed by atoms with van der Waals surface area (Å²) in [5.41, 5.74) is 2.17. The molecule has 1 aromatic heterocycles. The van der Waals surface area contributed by atoms with Crippen LogP contribution in [0.4, 0.5) is 0 Å². The van der Waals surface area contributed by atoms with Gasteiger partial charge in [0.2, 0.25) is 0 Å². The molecule has 5 heteroatoms. The van der Waals surface area contributed by atoms with E-state index in [1.807, 2.05) is 53.0 Å². The van der Waals surface area contributed by atoms with Crippen LogP contribution in [0.5, 0.6) is 0 Å². The van der Waals surface area contributed by atoms with Gasteiger partial charge in [-0.25, -0.2) is 4.68 Å². The number of nitrogens with zero attached hydrogens (tertiary/aromatic N) is 3. The molecule has 0 radical (unpaired) electrons. The summed E-state index contributed by atoms with van der Waals surface area (Å²) >= 11 is 1.83. The molecular formula is C14H20N4S. The van der Waals surface area contributed by atoms with Crippen LogP contribution in [-0.2, 0) is 0 Å². The number of hydrogen-bond acceptors (Lipinski definition) is 4. The van der Waals surface area contributed by atoms with E-state index in [2.05, 4.69) is 28.8 Å². The Labute approximate surface area is 118 Å². The summed E-state index contributed by atoms with van der Waals surface area (Å²) in [6, 6.07) is 10.4. The first-order valence-electron chi connectivity index (χ1n) is 6.55. The van der Waals surface area contributed by atoms with Crippen LogP contribution in [0.15, 0.2) is 36.5 Å². The van der Waals surface area contributed by atoms with Crippen LogP contribution in [-0.4, -0.2) is 33.5 Å². The normalized spacial score (nSPS) is 12.5. The number of hydrogen-bond donors (Lipinski definition) is 1. The summed E-state index contributed by atoms with van der Waals surface area (Å²) in [5, 5.41) is 11.8. The molecule has 2 aromatic rings. The van der Waals surface area contributed by atoms with Gasteiger partial charge in [0.25, 0.3) is 0 Å². The van der Waals surface area contributed by atoms with Crippen molar-refractivity contribution in [3.8, 4) is 5.69 Å². The van der Waals surface area contributed by atoms with Gasteiger partial charge in [-0.1, -0.05) is 30.3 Å². The summed E-state index contributed by atoms with van der Waals surface area (Å²) in [4.78, 5) is 0. The molecule has 0 aliphatic heterocycles. The molecule has 0 saturated heterocycles. The van der Waals surface area contributed by atoms with Crippen molar-refractivity contribution in [1.82, 2.24) is 20.3 Å². The minimum absolute atomic E-state index is 0.283. The van der Waals surface area contributed by atoms with E-state index in [4.69, 9.17) is 0 Å². The Morgan fingerprint density at radius 1 is 1.32 bits per heavy atom. The van der Waals surface area contributed by atoms with Gasteiger partial charge in [0.05, 0.1) is 23.6 Å². The van der Waals surface area contributed by atoms with Crippen LogP contribution in [0.25, 0.3) is 5.69 Å². The van der Waals surface area contributed by atoms with E-state index in [1.54, 1.807) is 0 Å². The van der Waals surface area contributed by atoms with E-state index in [1.165, 1.54) is 0 Å². The fraction of sp³-hybridized carbons (Fsp3) is 0.429. The molecule has 0 bridgehead atoms. The van der Waals surface area contributed by atoms with Gasteiger partial charge in [0.1, 0.15) is 0 Å². The molecule has 0 saturated carbocycles. The van der Waals surface area contributed by atoms with Crippen LogP contribution < -0.4 is 5.32 Å². The summed E-state index contributed by atoms with van der Waals surface area (Å²) in [6.45, 7) is 3.18. The van der Waals surface area contributed by atoms with Crippen molar-refractivity contribution >= 4 is 11.8 Å². The minimum atomic E-state index is 0.283. The molecule has 2 rings (SSSR count). The molecule has 1 heterocycles. The predicted octanol–water partition coefficient (Wildman–Crippen LogP) is 2.67. The fourth-order valence-electron chi connectivity index (χ4n) is 1.98. The second kappa shape index (κ2) is 7.31. The van der Waals surface area contributed by atoms with Crippen LogP contribution in [0.3, 0.4) is 0 Å². The largest absolute Gasteiger partial charge is 0.308 e. The Hall–Kier alpha value is -1.33. The molecule has 1 N–H and O–H groups in total. The van der Waals surface area contributed by atoms with Gasteiger partial charge < -0.3 is 5.32 Å². The van der Waals surface area contributed by atoms with Crippen molar-refractivity contribution in [3.63, 3.8) is 0 Å². The molecule has 19 heavy (non-hydrogen) atoms. The van der Waals surface area contributed by atoms with E-state index in [0.717, 1.165) is 30.1 Å². The third kappa shape index (κ3) is 3.58. The number of para-hydroxylation sites is 1. The molecule has 1 unspecified atom stereocenters. The lowest BCUT2D eigenvalue weighted by Crippen LogP contribution is -2.26. The summed E-state index contributed by atoms with van der Waals surface area (Å²) in [5.74, 6) is 1.01. The summed E-state index contributed by atoms with van der Waals surface area (Å²) in [6.07, 6.45) is 5.10. The van der Waals surface area contributed by atoms with Gasteiger partial charge in [-0.3, -0.25) is 0 Å². The maximum absolute atomic E-state index is 4.22. The van der Waals surface area contributed by atoms with Gasteiger partial charge in [-0.15, -0.1) is 5.10 Å². The molecule has 1 atom stereocenters. The smallest absolute Gasteiger partial charge is 0.0823 e. The lowest BCUT2D eigenvalue weighted by Gasteiger charge is -2.18. The highest BCUT2D eigenvalue weighted by atomic mass is 32.2. The van der Waals surface area contributed by atoms with Gasteiger partial charge >= 0.3 is 0 Å². The highest BCUT2D eigenvalue weighted by molar-refractivity contribution is 7.98. The van der Waals surface area contributed by atoms with E-state index >= 15 is 0 Å². The van der Waals surface area contributed by atoms with Crippen LogP contribution >= 0.6 is 11.8 Å². The van der Waals surface area contributed by atoms with E-state index in [-0.39, 0.29) is 6.04 Å². The summed E-state index contributed by atoms with van der Waals surface area (Å²) in [7, 11) is 0. The monoisotopic (exact) mass is 276 g/mol. The maximum atomic E-state index is 4.22. The van der Waals surface area contributed by atoms with E-state index in [0.29, 0.717) is 0 Å². The Morgan fingerprint density at radius 2 is 2.11 bits per heavy atom. The first kappa shape index (κ1) is 14.1. The van der Waals surface area contributed by atoms with E-state index < -0.39 is 0 Å². The van der Waals surface area contributed by atoms with Crippen molar-refractivity contribution in [3.05, 3.63) is 42.2 Å². The average molecular weight is 276 g/mol. The second-order valence-electron chi connectivity index (χ2n) is 4.37. The number of benzene rings is 1. The highest BCUT2D eigenvalue weighted by Gasteiger charge is 2.16. The van der Waals surface area contributed by atoms with Crippen LogP contribution in [0.2, 0.25) is 0 Å². The highest BCUT2D eigenvalue weighted by Crippen LogP contribution is 2.19. The Morgan fingerprint density at radius 3 is 2.79 bits per heavy atom. The van der Waals surface area contributed by atoms with Crippen molar-refractivity contribution in [2.75, 3.05) is 18.6 Å². The fourth-order valence-corrected chi connectivity index (χ4v) is 2.61. The molecule has 1 aromatic carbocycles. The third-order valence-corrected chi connectivity index (χ3v) is 3.57. The number of thioether (sulfide) groups is 1. The van der Waals surface area contributed by atoms with Crippen molar-refractivity contribution < 1.29 is 0 Å². The van der Waals surface area contributed by atoms with Crippen molar-refractivity contribution in [1.29, 1.82) is 0 Å². The molecule has 0 aliphatic carbocycles. The van der Waals surface area contributed by atoms with Crippen LogP contribution in [0.1, 0.15) is 25.1 Å². The van der Waals surface area contributed by atoms with Crippen LogP contribution in [0, 0.1) is 0 Å². The second-order valence-corrected chi connectivity index (χ2v) is 5.28. The summed E-state index contributed by atoms with van der Waals surface area (Å²) < 4.78 is 1.92. The SMILES string of the molecule is CCCNC(CSC)c1cnnn1-c1ccccc1. The van der Waals surface area contributed by atoms with Crippen molar-refractivity contribution in [2.45, 2.75) is 19.4 Å². The Balaban J connectivity index is 2.26. The average Bonchev–Trinajstić information content (AvgIpc) is 2.93. The molecule has 0 spiro atoms.